The van der Waals surface area contributed by atoms with Crippen molar-refractivity contribution in [3.63, 3.8) is 0 Å². The molecule has 1 aliphatic rings. The number of amides is 1. The van der Waals surface area contributed by atoms with E-state index >= 15 is 0 Å². The Morgan fingerprint density at radius 3 is 3.13 bits per heavy atom. The Hall–Kier alpha value is -1.69. The SMILES string of the molecule is CC(C)Cc1noc([C@H]2CCCN(C(=O)Cc3cccs3)C2)n1. The van der Waals surface area contributed by atoms with Crippen LogP contribution in [0.2, 0.25) is 0 Å². The van der Waals surface area contributed by atoms with Gasteiger partial charge in [-0.05, 0) is 30.2 Å². The van der Waals surface area contributed by atoms with E-state index < -0.39 is 0 Å². The Kier molecular flexibility index (Phi) is 5.10. The summed E-state index contributed by atoms with van der Waals surface area (Å²) in [5.74, 6) is 2.34. The number of hydrogen-bond acceptors (Lipinski definition) is 5. The minimum absolute atomic E-state index is 0.171. The zero-order valence-corrected chi connectivity index (χ0v) is 14.5. The summed E-state index contributed by atoms with van der Waals surface area (Å²) in [5.41, 5.74) is 0. The highest BCUT2D eigenvalue weighted by Crippen LogP contribution is 2.26. The summed E-state index contributed by atoms with van der Waals surface area (Å²) in [4.78, 5) is 20.1. The van der Waals surface area contributed by atoms with Crippen LogP contribution in [0, 0.1) is 5.92 Å². The summed E-state index contributed by atoms with van der Waals surface area (Å²) in [6.45, 7) is 5.80. The fourth-order valence-corrected chi connectivity index (χ4v) is 3.66. The zero-order chi connectivity index (χ0) is 16.2. The van der Waals surface area contributed by atoms with Gasteiger partial charge >= 0.3 is 0 Å². The van der Waals surface area contributed by atoms with Gasteiger partial charge in [-0.1, -0.05) is 25.1 Å². The van der Waals surface area contributed by atoms with Crippen molar-refractivity contribution in [2.24, 2.45) is 5.92 Å². The van der Waals surface area contributed by atoms with Crippen molar-refractivity contribution >= 4 is 17.2 Å². The smallest absolute Gasteiger partial charge is 0.231 e. The van der Waals surface area contributed by atoms with E-state index in [1.54, 1.807) is 11.3 Å². The first kappa shape index (κ1) is 16.2. The molecular formula is C17H23N3O2S. The lowest BCUT2D eigenvalue weighted by molar-refractivity contribution is -0.131. The van der Waals surface area contributed by atoms with Gasteiger partial charge in [0.2, 0.25) is 11.8 Å². The maximum absolute atomic E-state index is 12.5. The maximum atomic E-state index is 12.5. The van der Waals surface area contributed by atoms with Crippen LogP contribution in [0.25, 0.3) is 0 Å². The highest BCUT2D eigenvalue weighted by atomic mass is 32.1. The highest BCUT2D eigenvalue weighted by molar-refractivity contribution is 7.10. The van der Waals surface area contributed by atoms with Crippen LogP contribution in [0.5, 0.6) is 0 Å². The molecule has 3 heterocycles. The van der Waals surface area contributed by atoms with Crippen LogP contribution in [0.3, 0.4) is 0 Å². The number of carbonyl (C=O) groups is 1. The van der Waals surface area contributed by atoms with Crippen molar-refractivity contribution < 1.29 is 9.32 Å². The lowest BCUT2D eigenvalue weighted by Crippen LogP contribution is -2.39. The Balaban J connectivity index is 1.61. The number of likely N-dealkylation sites (tertiary alicyclic amines) is 1. The molecule has 0 unspecified atom stereocenters. The predicted octanol–water partition coefficient (Wildman–Crippen LogP) is 3.28. The van der Waals surface area contributed by atoms with Crippen molar-refractivity contribution in [1.82, 2.24) is 15.0 Å². The van der Waals surface area contributed by atoms with E-state index in [-0.39, 0.29) is 11.8 Å². The number of hydrogen-bond donors (Lipinski definition) is 0. The molecule has 5 nitrogen and oxygen atoms in total. The molecule has 124 valence electrons. The molecule has 0 bridgehead atoms. The summed E-state index contributed by atoms with van der Waals surface area (Å²) in [5, 5.41) is 6.08. The van der Waals surface area contributed by atoms with Gasteiger partial charge in [0.05, 0.1) is 12.3 Å². The van der Waals surface area contributed by atoms with Crippen molar-refractivity contribution in [3.05, 3.63) is 34.1 Å². The van der Waals surface area contributed by atoms with Gasteiger partial charge in [-0.3, -0.25) is 4.79 Å². The van der Waals surface area contributed by atoms with E-state index in [1.807, 2.05) is 22.4 Å². The largest absolute Gasteiger partial charge is 0.342 e. The molecule has 2 aromatic rings. The van der Waals surface area contributed by atoms with E-state index in [2.05, 4.69) is 24.0 Å². The zero-order valence-electron chi connectivity index (χ0n) is 13.7. The second-order valence-corrected chi connectivity index (χ2v) is 7.61. The second-order valence-electron chi connectivity index (χ2n) is 6.58. The molecule has 6 heteroatoms. The number of thiophene rings is 1. The van der Waals surface area contributed by atoms with Gasteiger partial charge in [-0.25, -0.2) is 0 Å². The lowest BCUT2D eigenvalue weighted by Gasteiger charge is -2.31. The van der Waals surface area contributed by atoms with Crippen LogP contribution in [0.4, 0.5) is 0 Å². The molecule has 0 radical (unpaired) electrons. The van der Waals surface area contributed by atoms with Gasteiger partial charge in [-0.2, -0.15) is 4.98 Å². The normalized spacial score (nSPS) is 18.6. The average Bonchev–Trinajstić information content (AvgIpc) is 3.18. The minimum atomic E-state index is 0.171. The number of nitrogens with zero attached hydrogens (tertiary/aromatic N) is 3. The highest BCUT2D eigenvalue weighted by Gasteiger charge is 2.28. The van der Waals surface area contributed by atoms with E-state index in [1.165, 1.54) is 0 Å². The first-order chi connectivity index (χ1) is 11.1. The predicted molar refractivity (Wildman–Crippen MR) is 89.4 cm³/mol. The Bertz CT molecular complexity index is 636. The van der Waals surface area contributed by atoms with E-state index in [4.69, 9.17) is 4.52 Å². The Labute approximate surface area is 140 Å². The third kappa shape index (κ3) is 4.19. The summed E-state index contributed by atoms with van der Waals surface area (Å²) in [6.07, 6.45) is 3.32. The van der Waals surface area contributed by atoms with Gasteiger partial charge in [0.1, 0.15) is 0 Å². The van der Waals surface area contributed by atoms with Crippen molar-refractivity contribution in [2.75, 3.05) is 13.1 Å². The molecule has 0 saturated carbocycles. The van der Waals surface area contributed by atoms with Gasteiger partial charge in [0, 0.05) is 24.4 Å². The average molecular weight is 333 g/mol. The fraction of sp³-hybridized carbons (Fsp3) is 0.588. The molecule has 3 rings (SSSR count). The van der Waals surface area contributed by atoms with Crippen LogP contribution in [0.1, 0.15) is 49.2 Å². The van der Waals surface area contributed by atoms with E-state index in [9.17, 15) is 4.79 Å². The van der Waals surface area contributed by atoms with Crippen molar-refractivity contribution in [1.29, 1.82) is 0 Å². The second kappa shape index (κ2) is 7.25. The summed E-state index contributed by atoms with van der Waals surface area (Å²) in [7, 11) is 0. The third-order valence-electron chi connectivity index (χ3n) is 4.10. The third-order valence-corrected chi connectivity index (χ3v) is 4.98. The standard InChI is InChI=1S/C17H23N3O2S/c1-12(2)9-15-18-17(22-19-15)13-5-3-7-20(11-13)16(21)10-14-6-4-8-23-14/h4,6,8,12-13H,3,5,7,9-11H2,1-2H3/t13-/m0/s1. The number of piperidine rings is 1. The van der Waals surface area contributed by atoms with Crippen LogP contribution in [-0.2, 0) is 17.6 Å². The molecule has 0 N–H and O–H groups in total. The fourth-order valence-electron chi connectivity index (χ4n) is 2.96. The summed E-state index contributed by atoms with van der Waals surface area (Å²) in [6, 6.07) is 4.00. The van der Waals surface area contributed by atoms with Crippen LogP contribution in [-0.4, -0.2) is 34.0 Å². The van der Waals surface area contributed by atoms with Gasteiger partial charge < -0.3 is 9.42 Å². The molecule has 1 fully saturated rings. The first-order valence-corrected chi connectivity index (χ1v) is 9.12. The minimum Gasteiger partial charge on any atom is -0.342 e. The van der Waals surface area contributed by atoms with Gasteiger partial charge in [-0.15, -0.1) is 11.3 Å². The molecule has 0 spiro atoms. The molecule has 23 heavy (non-hydrogen) atoms. The Morgan fingerprint density at radius 2 is 2.39 bits per heavy atom. The van der Waals surface area contributed by atoms with Gasteiger partial charge in [0.25, 0.3) is 0 Å². The topological polar surface area (TPSA) is 59.2 Å². The molecule has 1 amide bonds. The number of carbonyl (C=O) groups excluding carboxylic acids is 1. The molecule has 2 aromatic heterocycles. The quantitative estimate of drug-likeness (QED) is 0.842. The van der Waals surface area contributed by atoms with Crippen molar-refractivity contribution in [3.8, 4) is 0 Å². The molecule has 1 atom stereocenters. The maximum Gasteiger partial charge on any atom is 0.231 e. The number of aromatic nitrogens is 2. The van der Waals surface area contributed by atoms with Crippen LogP contribution < -0.4 is 0 Å². The van der Waals surface area contributed by atoms with E-state index in [0.717, 1.165) is 36.5 Å². The first-order valence-electron chi connectivity index (χ1n) is 8.24. The Morgan fingerprint density at radius 1 is 1.52 bits per heavy atom. The number of rotatable bonds is 5. The lowest BCUT2D eigenvalue weighted by atomic mass is 9.97. The van der Waals surface area contributed by atoms with Crippen LogP contribution >= 0.6 is 11.3 Å². The molecule has 0 aliphatic carbocycles. The van der Waals surface area contributed by atoms with E-state index in [0.29, 0.717) is 24.8 Å². The molecule has 0 aromatic carbocycles. The molecule has 1 saturated heterocycles. The molecular weight excluding hydrogens is 310 g/mol. The van der Waals surface area contributed by atoms with Crippen molar-refractivity contribution in [2.45, 2.75) is 45.4 Å². The van der Waals surface area contributed by atoms with Gasteiger partial charge in [0.15, 0.2) is 5.82 Å². The van der Waals surface area contributed by atoms with Crippen LogP contribution in [0.15, 0.2) is 22.0 Å². The monoisotopic (exact) mass is 333 g/mol. The summed E-state index contributed by atoms with van der Waals surface area (Å²) >= 11 is 1.63. The summed E-state index contributed by atoms with van der Waals surface area (Å²) < 4.78 is 5.44. The molecule has 1 aliphatic heterocycles.